The SMILES string of the molecule is Cc1cc(F)cc(C)c1S(=O)(=O)NCC1C(C)(C)C1(C)C. The van der Waals surface area contributed by atoms with Gasteiger partial charge in [-0.1, -0.05) is 27.7 Å². The van der Waals surface area contributed by atoms with Crippen molar-refractivity contribution in [3.63, 3.8) is 0 Å². The zero-order valence-electron chi connectivity index (χ0n) is 13.5. The Morgan fingerprint density at radius 1 is 1.10 bits per heavy atom. The van der Waals surface area contributed by atoms with Crippen LogP contribution >= 0.6 is 0 Å². The highest BCUT2D eigenvalue weighted by atomic mass is 32.2. The van der Waals surface area contributed by atoms with Crippen LogP contribution < -0.4 is 4.72 Å². The highest BCUT2D eigenvalue weighted by Gasteiger charge is 2.64. The molecule has 118 valence electrons. The largest absolute Gasteiger partial charge is 0.241 e. The third-order valence-electron chi connectivity index (χ3n) is 5.49. The van der Waals surface area contributed by atoms with Crippen molar-refractivity contribution in [2.75, 3.05) is 6.54 Å². The van der Waals surface area contributed by atoms with Gasteiger partial charge in [-0.15, -0.1) is 0 Å². The van der Waals surface area contributed by atoms with Crippen LogP contribution in [0.1, 0.15) is 38.8 Å². The van der Waals surface area contributed by atoms with Gasteiger partial charge in [0, 0.05) is 6.54 Å². The third-order valence-corrected chi connectivity index (χ3v) is 7.22. The van der Waals surface area contributed by atoms with Gasteiger partial charge >= 0.3 is 0 Å². The van der Waals surface area contributed by atoms with Crippen LogP contribution in [-0.4, -0.2) is 15.0 Å². The molecule has 0 spiro atoms. The number of hydrogen-bond acceptors (Lipinski definition) is 2. The monoisotopic (exact) mass is 313 g/mol. The van der Waals surface area contributed by atoms with Gasteiger partial charge in [0.15, 0.2) is 0 Å². The van der Waals surface area contributed by atoms with Gasteiger partial charge in [-0.05, 0) is 53.9 Å². The van der Waals surface area contributed by atoms with Crippen molar-refractivity contribution in [3.8, 4) is 0 Å². The molecule has 5 heteroatoms. The summed E-state index contributed by atoms with van der Waals surface area (Å²) in [5.41, 5.74) is 1.13. The summed E-state index contributed by atoms with van der Waals surface area (Å²) < 4.78 is 41.0. The maximum absolute atomic E-state index is 13.3. The molecule has 0 heterocycles. The molecule has 21 heavy (non-hydrogen) atoms. The average molecular weight is 313 g/mol. The van der Waals surface area contributed by atoms with Crippen LogP contribution in [0.4, 0.5) is 4.39 Å². The highest BCUT2D eigenvalue weighted by molar-refractivity contribution is 7.89. The minimum atomic E-state index is -3.61. The van der Waals surface area contributed by atoms with E-state index >= 15 is 0 Å². The first-order valence-corrected chi connectivity index (χ1v) is 8.66. The molecule has 0 aromatic heterocycles. The maximum atomic E-state index is 13.3. The van der Waals surface area contributed by atoms with Crippen molar-refractivity contribution in [1.29, 1.82) is 0 Å². The summed E-state index contributed by atoms with van der Waals surface area (Å²) in [5, 5.41) is 0. The topological polar surface area (TPSA) is 46.2 Å². The number of halogens is 1. The molecule has 0 bridgehead atoms. The van der Waals surface area contributed by atoms with Crippen LogP contribution in [0.25, 0.3) is 0 Å². The van der Waals surface area contributed by atoms with E-state index in [0.717, 1.165) is 0 Å². The lowest BCUT2D eigenvalue weighted by Crippen LogP contribution is -2.28. The van der Waals surface area contributed by atoms with Gasteiger partial charge in [-0.2, -0.15) is 0 Å². The number of nitrogens with one attached hydrogen (secondary N) is 1. The van der Waals surface area contributed by atoms with Crippen LogP contribution in [0.15, 0.2) is 17.0 Å². The summed E-state index contributed by atoms with van der Waals surface area (Å²) >= 11 is 0. The Labute approximate surface area is 127 Å². The van der Waals surface area contributed by atoms with Crippen LogP contribution in [0.3, 0.4) is 0 Å². The quantitative estimate of drug-likeness (QED) is 0.926. The number of benzene rings is 1. The first kappa shape index (κ1) is 16.4. The van der Waals surface area contributed by atoms with Crippen LogP contribution in [0, 0.1) is 36.4 Å². The lowest BCUT2D eigenvalue weighted by Gasteiger charge is -2.13. The van der Waals surface area contributed by atoms with Crippen molar-refractivity contribution in [2.24, 2.45) is 16.7 Å². The number of hydrogen-bond donors (Lipinski definition) is 1. The van der Waals surface area contributed by atoms with Gasteiger partial charge in [0.25, 0.3) is 0 Å². The second-order valence-corrected chi connectivity index (χ2v) is 8.92. The van der Waals surface area contributed by atoms with E-state index in [-0.39, 0.29) is 15.7 Å². The fourth-order valence-electron chi connectivity index (χ4n) is 3.43. The minimum absolute atomic E-state index is 0.127. The summed E-state index contributed by atoms with van der Waals surface area (Å²) in [7, 11) is -3.61. The smallest absolute Gasteiger partial charge is 0.211 e. The van der Waals surface area contributed by atoms with Crippen molar-refractivity contribution in [3.05, 3.63) is 29.1 Å². The first-order valence-electron chi connectivity index (χ1n) is 7.17. The molecular formula is C16H24FNO2S. The number of rotatable bonds is 4. The summed E-state index contributed by atoms with van der Waals surface area (Å²) in [4.78, 5) is 0.195. The predicted molar refractivity (Wildman–Crippen MR) is 82.1 cm³/mol. The summed E-state index contributed by atoms with van der Waals surface area (Å²) in [6.07, 6.45) is 0. The molecule has 1 aliphatic rings. The molecule has 0 amide bonds. The van der Waals surface area contributed by atoms with Crippen molar-refractivity contribution in [2.45, 2.75) is 46.4 Å². The van der Waals surface area contributed by atoms with Gasteiger partial charge in [0.05, 0.1) is 4.90 Å². The van der Waals surface area contributed by atoms with Gasteiger partial charge in [0.1, 0.15) is 5.82 Å². The molecule has 0 radical (unpaired) electrons. The zero-order chi connectivity index (χ0) is 16.2. The Morgan fingerprint density at radius 3 is 1.90 bits per heavy atom. The molecule has 0 atom stereocenters. The third kappa shape index (κ3) is 2.61. The fraction of sp³-hybridized carbons (Fsp3) is 0.625. The molecule has 1 fully saturated rings. The maximum Gasteiger partial charge on any atom is 0.241 e. The number of sulfonamides is 1. The van der Waals surface area contributed by atoms with Gasteiger partial charge in [-0.25, -0.2) is 17.5 Å². The van der Waals surface area contributed by atoms with Crippen molar-refractivity contribution in [1.82, 2.24) is 4.72 Å². The Hall–Kier alpha value is -0.940. The second-order valence-electron chi connectivity index (χ2n) is 7.22. The van der Waals surface area contributed by atoms with E-state index in [4.69, 9.17) is 0 Å². The van der Waals surface area contributed by atoms with E-state index in [1.807, 2.05) is 0 Å². The zero-order valence-corrected chi connectivity index (χ0v) is 14.4. The average Bonchev–Trinajstić information content (AvgIpc) is 2.64. The van der Waals surface area contributed by atoms with Gasteiger partial charge in [0.2, 0.25) is 10.0 Å². The van der Waals surface area contributed by atoms with Gasteiger partial charge in [-0.3, -0.25) is 0 Å². The van der Waals surface area contributed by atoms with Crippen LogP contribution in [0.5, 0.6) is 0 Å². The summed E-state index contributed by atoms with van der Waals surface area (Å²) in [5.74, 6) is -0.103. The lowest BCUT2D eigenvalue weighted by molar-refractivity contribution is 0.457. The Morgan fingerprint density at radius 2 is 1.52 bits per heavy atom. The molecule has 3 nitrogen and oxygen atoms in total. The Kier molecular flexibility index (Phi) is 3.74. The molecule has 1 aliphatic carbocycles. The number of aryl methyl sites for hydroxylation is 2. The van der Waals surface area contributed by atoms with Crippen LogP contribution in [-0.2, 0) is 10.0 Å². The van der Waals surface area contributed by atoms with E-state index in [0.29, 0.717) is 23.6 Å². The molecule has 0 aliphatic heterocycles. The molecule has 1 aromatic rings. The van der Waals surface area contributed by atoms with Crippen molar-refractivity contribution < 1.29 is 12.8 Å². The highest BCUT2D eigenvalue weighted by Crippen LogP contribution is 2.67. The fourth-order valence-corrected chi connectivity index (χ4v) is 4.93. The Balaban J connectivity index is 2.22. The molecule has 0 unspecified atom stereocenters. The first-order chi connectivity index (χ1) is 9.41. The molecule has 2 rings (SSSR count). The van der Waals surface area contributed by atoms with Crippen molar-refractivity contribution >= 4 is 10.0 Å². The van der Waals surface area contributed by atoms with Crippen LogP contribution in [0.2, 0.25) is 0 Å². The molecule has 0 saturated heterocycles. The molecule has 1 aromatic carbocycles. The van der Waals surface area contributed by atoms with Gasteiger partial charge < -0.3 is 0 Å². The van der Waals surface area contributed by atoms with E-state index in [9.17, 15) is 12.8 Å². The molecular weight excluding hydrogens is 289 g/mol. The van der Waals surface area contributed by atoms with E-state index in [2.05, 4.69) is 32.4 Å². The second kappa shape index (κ2) is 4.78. The summed E-state index contributed by atoms with van der Waals surface area (Å²) in [6.45, 7) is 12.3. The van der Waals surface area contributed by atoms with E-state index < -0.39 is 15.8 Å². The molecule has 1 saturated carbocycles. The van der Waals surface area contributed by atoms with E-state index in [1.165, 1.54) is 12.1 Å². The minimum Gasteiger partial charge on any atom is -0.211 e. The van der Waals surface area contributed by atoms with E-state index in [1.54, 1.807) is 13.8 Å². The predicted octanol–water partition coefficient (Wildman–Crippen LogP) is 3.40. The Bertz CT molecular complexity index is 641. The standard InChI is InChI=1S/C16H24FNO2S/c1-10-7-12(17)8-11(2)14(10)21(19,20)18-9-13-15(3,4)16(13,5)6/h7-8,13,18H,9H2,1-6H3. The summed E-state index contributed by atoms with van der Waals surface area (Å²) in [6, 6.07) is 2.51. The lowest BCUT2D eigenvalue weighted by atomic mass is 10.0. The normalized spacial score (nSPS) is 20.5. The molecule has 1 N–H and O–H groups in total.